The predicted molar refractivity (Wildman–Crippen MR) is 41.9 cm³/mol. The molecule has 0 radical (unpaired) electrons. The first-order chi connectivity index (χ1) is 5.67. The molecule has 0 aromatic carbocycles. The average molecular weight is 188 g/mol. The van der Waals surface area contributed by atoms with Crippen LogP contribution in [0, 0.1) is 0 Å². The molecule has 0 unspecified atom stereocenters. The van der Waals surface area contributed by atoms with Crippen LogP contribution in [-0.4, -0.2) is 13.4 Å². The lowest BCUT2D eigenvalue weighted by Gasteiger charge is -2.02. The number of sulfonamides is 1. The van der Waals surface area contributed by atoms with Gasteiger partial charge in [0.1, 0.15) is 4.90 Å². The molecule has 7 heteroatoms. The summed E-state index contributed by atoms with van der Waals surface area (Å²) in [5.41, 5.74) is 1.84. The van der Waals surface area contributed by atoms with Gasteiger partial charge in [-0.2, -0.15) is 5.53 Å². The number of nitrogens with one attached hydrogen (secondary N) is 2. The van der Waals surface area contributed by atoms with E-state index in [9.17, 15) is 8.42 Å². The number of hydrazine groups is 2. The summed E-state index contributed by atoms with van der Waals surface area (Å²) in [6.07, 6.45) is 2.70. The topological polar surface area (TPSA) is 97.1 Å². The fraction of sp³-hybridized carbons (Fsp3) is 0. The molecule has 1 heterocycles. The van der Waals surface area contributed by atoms with Gasteiger partial charge in [-0.3, -0.25) is 10.8 Å². The molecular weight excluding hydrogens is 180 g/mol. The van der Waals surface area contributed by atoms with Gasteiger partial charge in [-0.25, -0.2) is 8.42 Å². The van der Waals surface area contributed by atoms with Crippen LogP contribution in [0.15, 0.2) is 29.4 Å². The van der Waals surface area contributed by atoms with E-state index in [0.29, 0.717) is 0 Å². The van der Waals surface area contributed by atoms with Crippen molar-refractivity contribution in [1.82, 2.24) is 15.3 Å². The van der Waals surface area contributed by atoms with Gasteiger partial charge < -0.3 is 0 Å². The van der Waals surface area contributed by atoms with Crippen molar-refractivity contribution in [2.45, 2.75) is 4.90 Å². The molecule has 1 aromatic heterocycles. The highest BCUT2D eigenvalue weighted by Crippen LogP contribution is 2.03. The third-order valence-corrected chi connectivity index (χ3v) is 2.39. The Morgan fingerprint density at radius 3 is 2.75 bits per heavy atom. The van der Waals surface area contributed by atoms with Gasteiger partial charge in [-0.1, -0.05) is 0 Å². The molecule has 0 aliphatic carbocycles. The molecule has 0 aliphatic rings. The summed E-state index contributed by atoms with van der Waals surface area (Å²) in [6, 6.07) is 2.93. The van der Waals surface area contributed by atoms with Crippen LogP contribution in [0.5, 0.6) is 0 Å². The van der Waals surface area contributed by atoms with E-state index in [1.165, 1.54) is 24.5 Å². The van der Waals surface area contributed by atoms with E-state index >= 15 is 0 Å². The van der Waals surface area contributed by atoms with Crippen molar-refractivity contribution in [2.24, 2.45) is 5.84 Å². The number of hydrogen-bond acceptors (Lipinski definition) is 5. The molecule has 12 heavy (non-hydrogen) atoms. The molecule has 6 nitrogen and oxygen atoms in total. The average Bonchev–Trinajstić information content (AvgIpc) is 2.06. The van der Waals surface area contributed by atoms with Gasteiger partial charge in [-0.05, 0) is 12.1 Å². The van der Waals surface area contributed by atoms with E-state index in [-0.39, 0.29) is 4.90 Å². The number of nitrogens with two attached hydrogens (primary N) is 1. The van der Waals surface area contributed by atoms with Crippen molar-refractivity contribution >= 4 is 10.0 Å². The van der Waals surface area contributed by atoms with Crippen molar-refractivity contribution in [3.05, 3.63) is 24.5 Å². The molecule has 0 saturated carbocycles. The van der Waals surface area contributed by atoms with Crippen molar-refractivity contribution < 1.29 is 8.42 Å². The number of pyridine rings is 1. The number of nitrogens with zero attached hydrogens (tertiary/aromatic N) is 1. The van der Waals surface area contributed by atoms with Crippen LogP contribution in [0.4, 0.5) is 0 Å². The van der Waals surface area contributed by atoms with Crippen molar-refractivity contribution in [3.63, 3.8) is 0 Å². The maximum absolute atomic E-state index is 11.1. The molecule has 0 aliphatic heterocycles. The third-order valence-electron chi connectivity index (χ3n) is 1.14. The van der Waals surface area contributed by atoms with Crippen molar-refractivity contribution in [2.75, 3.05) is 0 Å². The first-order valence-corrected chi connectivity index (χ1v) is 4.52. The minimum absolute atomic E-state index is 0.0583. The van der Waals surface area contributed by atoms with Gasteiger partial charge in [0.2, 0.25) is 0 Å². The molecule has 0 saturated heterocycles. The zero-order valence-corrected chi connectivity index (χ0v) is 6.88. The molecule has 4 N–H and O–H groups in total. The summed E-state index contributed by atoms with van der Waals surface area (Å²) in [5, 5.41) is 0. The number of aromatic nitrogens is 1. The highest BCUT2D eigenvalue weighted by atomic mass is 32.2. The molecule has 0 atom stereocenters. The van der Waals surface area contributed by atoms with Crippen LogP contribution >= 0.6 is 0 Å². The second kappa shape index (κ2) is 3.59. The summed E-state index contributed by atoms with van der Waals surface area (Å²) in [5.74, 6) is 4.79. The Balaban J connectivity index is 2.99. The number of rotatable bonds is 3. The summed E-state index contributed by atoms with van der Waals surface area (Å²) in [6.45, 7) is 0. The normalized spacial score (nSPS) is 11.4. The minimum atomic E-state index is -3.56. The van der Waals surface area contributed by atoms with Gasteiger partial charge in [0, 0.05) is 12.4 Å². The van der Waals surface area contributed by atoms with Gasteiger partial charge >= 0.3 is 0 Å². The third kappa shape index (κ3) is 1.98. The van der Waals surface area contributed by atoms with Crippen LogP contribution in [0.2, 0.25) is 0 Å². The van der Waals surface area contributed by atoms with Gasteiger partial charge in [0.25, 0.3) is 10.0 Å². The molecule has 66 valence electrons. The lowest BCUT2D eigenvalue weighted by molar-refractivity contribution is 0.561. The quantitative estimate of drug-likeness (QED) is 0.406. The van der Waals surface area contributed by atoms with Crippen molar-refractivity contribution in [1.29, 1.82) is 0 Å². The first-order valence-electron chi connectivity index (χ1n) is 3.04. The molecule has 1 aromatic rings. The maximum atomic E-state index is 11.1. The molecule has 1 rings (SSSR count). The number of hydrogen-bond donors (Lipinski definition) is 3. The standard InChI is InChI=1S/C5H8N4O2S/c6-8-9-12(10,11)5-2-1-3-7-4-5/h1-4,8-9H,6H2. The van der Waals surface area contributed by atoms with E-state index in [2.05, 4.69) is 4.98 Å². The zero-order valence-electron chi connectivity index (χ0n) is 6.06. The Labute approximate surface area is 69.8 Å². The summed E-state index contributed by atoms with van der Waals surface area (Å²) >= 11 is 0. The molecule has 0 spiro atoms. The monoisotopic (exact) mass is 188 g/mol. The Bertz CT molecular complexity index is 336. The van der Waals surface area contributed by atoms with Crippen LogP contribution in [-0.2, 0) is 10.0 Å². The molecular formula is C5H8N4O2S. The predicted octanol–water partition coefficient (Wildman–Crippen LogP) is -1.26. The Kier molecular flexibility index (Phi) is 2.71. The lowest BCUT2D eigenvalue weighted by atomic mass is 10.5. The van der Waals surface area contributed by atoms with E-state index < -0.39 is 10.0 Å². The highest BCUT2D eigenvalue weighted by molar-refractivity contribution is 7.89. The van der Waals surface area contributed by atoms with E-state index in [0.717, 1.165) is 0 Å². The first kappa shape index (κ1) is 9.07. The minimum Gasteiger partial charge on any atom is -0.263 e. The van der Waals surface area contributed by atoms with Gasteiger partial charge in [0.15, 0.2) is 0 Å². The van der Waals surface area contributed by atoms with Crippen LogP contribution < -0.4 is 16.2 Å². The fourth-order valence-electron chi connectivity index (χ4n) is 0.643. The maximum Gasteiger partial charge on any atom is 0.255 e. The van der Waals surface area contributed by atoms with Crippen LogP contribution in [0.3, 0.4) is 0 Å². The Morgan fingerprint density at radius 2 is 2.25 bits per heavy atom. The summed E-state index contributed by atoms with van der Waals surface area (Å²) in [4.78, 5) is 5.60. The second-order valence-electron chi connectivity index (χ2n) is 1.94. The van der Waals surface area contributed by atoms with Crippen molar-refractivity contribution in [3.8, 4) is 0 Å². The second-order valence-corrected chi connectivity index (χ2v) is 3.62. The Hall–Kier alpha value is -1.02. The SMILES string of the molecule is NNNS(=O)(=O)c1cccnc1. The Morgan fingerprint density at radius 1 is 1.50 bits per heavy atom. The molecule has 0 fully saturated rings. The van der Waals surface area contributed by atoms with E-state index in [1.54, 1.807) is 0 Å². The molecule has 0 amide bonds. The van der Waals surface area contributed by atoms with Crippen LogP contribution in [0.25, 0.3) is 0 Å². The lowest BCUT2D eigenvalue weighted by Crippen LogP contribution is -2.42. The summed E-state index contributed by atoms with van der Waals surface area (Å²) < 4.78 is 22.3. The highest BCUT2D eigenvalue weighted by Gasteiger charge is 2.11. The van der Waals surface area contributed by atoms with E-state index in [4.69, 9.17) is 5.84 Å². The van der Waals surface area contributed by atoms with Gasteiger partial charge in [0.05, 0.1) is 0 Å². The largest absolute Gasteiger partial charge is 0.263 e. The van der Waals surface area contributed by atoms with Gasteiger partial charge in [-0.15, -0.1) is 4.83 Å². The van der Waals surface area contributed by atoms with E-state index in [1.807, 2.05) is 10.4 Å². The smallest absolute Gasteiger partial charge is 0.255 e. The fourth-order valence-corrected chi connectivity index (χ4v) is 1.37. The zero-order chi connectivity index (χ0) is 9.03. The molecule has 0 bridgehead atoms. The van der Waals surface area contributed by atoms with Crippen LogP contribution in [0.1, 0.15) is 0 Å². The summed E-state index contributed by atoms with van der Waals surface area (Å²) in [7, 11) is -3.56.